The number of aromatic nitrogens is 1. The van der Waals surface area contributed by atoms with Gasteiger partial charge in [-0.25, -0.2) is 0 Å². The molecule has 0 spiro atoms. The van der Waals surface area contributed by atoms with Crippen LogP contribution in [0, 0.1) is 0 Å². The summed E-state index contributed by atoms with van der Waals surface area (Å²) in [5.74, 6) is 0.644. The molecule has 1 atom stereocenters. The quantitative estimate of drug-likeness (QED) is 0.886. The van der Waals surface area contributed by atoms with Crippen molar-refractivity contribution in [3.63, 3.8) is 0 Å². The van der Waals surface area contributed by atoms with Gasteiger partial charge in [0.05, 0.1) is 19.4 Å². The first-order chi connectivity index (χ1) is 8.31. The minimum atomic E-state index is -0.507. The van der Waals surface area contributed by atoms with Crippen molar-refractivity contribution in [2.24, 2.45) is 0 Å². The van der Waals surface area contributed by atoms with Gasteiger partial charge in [0.25, 0.3) is 0 Å². The van der Waals surface area contributed by atoms with Gasteiger partial charge in [0.1, 0.15) is 5.75 Å². The van der Waals surface area contributed by atoms with E-state index >= 15 is 0 Å². The molecule has 0 amide bonds. The van der Waals surface area contributed by atoms with E-state index in [0.29, 0.717) is 12.2 Å². The molecule has 0 radical (unpaired) electrons. The van der Waals surface area contributed by atoms with Gasteiger partial charge in [-0.05, 0) is 41.3 Å². The molecule has 0 aliphatic heterocycles. The summed E-state index contributed by atoms with van der Waals surface area (Å²) in [4.78, 5) is 3.97. The number of aliphatic hydroxyl groups excluding tert-OH is 1. The van der Waals surface area contributed by atoms with E-state index < -0.39 is 6.10 Å². The Morgan fingerprint density at radius 1 is 1.47 bits per heavy atom. The van der Waals surface area contributed by atoms with Crippen molar-refractivity contribution < 1.29 is 9.84 Å². The van der Waals surface area contributed by atoms with Crippen LogP contribution in [-0.4, -0.2) is 17.2 Å². The lowest BCUT2D eigenvalue weighted by Gasteiger charge is -2.13. The highest BCUT2D eigenvalue weighted by molar-refractivity contribution is 7.07. The van der Waals surface area contributed by atoms with E-state index in [1.807, 2.05) is 0 Å². The van der Waals surface area contributed by atoms with Gasteiger partial charge in [0, 0.05) is 11.8 Å². The fourth-order valence-corrected chi connectivity index (χ4v) is 2.43. The average molecular weight is 249 g/mol. The van der Waals surface area contributed by atoms with E-state index in [2.05, 4.69) is 21.8 Å². The summed E-state index contributed by atoms with van der Waals surface area (Å²) in [6.45, 7) is 0. The van der Waals surface area contributed by atoms with Crippen molar-refractivity contribution in [2.75, 3.05) is 7.11 Å². The molecular formula is C13H15NO2S. The lowest BCUT2D eigenvalue weighted by molar-refractivity contribution is 0.163. The van der Waals surface area contributed by atoms with Crippen LogP contribution in [0.15, 0.2) is 35.3 Å². The molecule has 0 saturated heterocycles. The van der Waals surface area contributed by atoms with Crippen molar-refractivity contribution in [1.29, 1.82) is 0 Å². The lowest BCUT2D eigenvalue weighted by Crippen LogP contribution is -2.02. The van der Waals surface area contributed by atoms with Crippen LogP contribution in [0.1, 0.15) is 23.7 Å². The second-order valence-corrected chi connectivity index (χ2v) is 4.58. The topological polar surface area (TPSA) is 42.4 Å². The van der Waals surface area contributed by atoms with Gasteiger partial charge in [-0.15, -0.1) is 0 Å². The number of rotatable bonds is 5. The Bertz CT molecular complexity index is 456. The maximum atomic E-state index is 10.1. The summed E-state index contributed by atoms with van der Waals surface area (Å²) >= 11 is 1.68. The molecule has 0 aliphatic carbocycles. The standard InChI is InChI=1S/C13H15NO2S/c1-16-13-8-14-6-4-11(13)12(15)3-2-10-5-7-17-9-10/h4-9,12,15H,2-3H2,1H3. The lowest BCUT2D eigenvalue weighted by atomic mass is 10.0. The second-order valence-electron chi connectivity index (χ2n) is 3.80. The molecule has 2 aromatic rings. The van der Waals surface area contributed by atoms with E-state index in [0.717, 1.165) is 12.0 Å². The minimum absolute atomic E-state index is 0.507. The molecule has 0 bridgehead atoms. The van der Waals surface area contributed by atoms with Gasteiger partial charge in [0.2, 0.25) is 0 Å². The van der Waals surface area contributed by atoms with Crippen LogP contribution in [0.4, 0.5) is 0 Å². The van der Waals surface area contributed by atoms with Crippen LogP contribution in [-0.2, 0) is 6.42 Å². The van der Waals surface area contributed by atoms with Gasteiger partial charge in [-0.3, -0.25) is 4.98 Å². The Balaban J connectivity index is 2.01. The monoisotopic (exact) mass is 249 g/mol. The fraction of sp³-hybridized carbons (Fsp3) is 0.308. The number of ether oxygens (including phenoxy) is 1. The van der Waals surface area contributed by atoms with E-state index in [4.69, 9.17) is 4.74 Å². The van der Waals surface area contributed by atoms with E-state index in [-0.39, 0.29) is 0 Å². The highest BCUT2D eigenvalue weighted by atomic mass is 32.1. The van der Waals surface area contributed by atoms with Crippen molar-refractivity contribution >= 4 is 11.3 Å². The summed E-state index contributed by atoms with van der Waals surface area (Å²) in [7, 11) is 1.59. The van der Waals surface area contributed by atoms with Crippen molar-refractivity contribution in [3.05, 3.63) is 46.4 Å². The summed E-state index contributed by atoms with van der Waals surface area (Å²) in [5, 5.41) is 14.3. The number of thiophene rings is 1. The van der Waals surface area contributed by atoms with Crippen LogP contribution in [0.3, 0.4) is 0 Å². The second kappa shape index (κ2) is 5.80. The third kappa shape index (κ3) is 3.05. The van der Waals surface area contributed by atoms with Crippen LogP contribution in [0.5, 0.6) is 5.75 Å². The maximum Gasteiger partial charge on any atom is 0.142 e. The first-order valence-corrected chi connectivity index (χ1v) is 6.42. The summed E-state index contributed by atoms with van der Waals surface area (Å²) in [6, 6.07) is 3.89. The molecule has 3 nitrogen and oxygen atoms in total. The Morgan fingerprint density at radius 3 is 3.06 bits per heavy atom. The zero-order valence-corrected chi connectivity index (χ0v) is 10.5. The number of aryl methyl sites for hydroxylation is 1. The van der Waals surface area contributed by atoms with Crippen LogP contribution in [0.25, 0.3) is 0 Å². The minimum Gasteiger partial charge on any atom is -0.495 e. The summed E-state index contributed by atoms with van der Waals surface area (Å²) < 4.78 is 5.18. The Labute approximate surface area is 105 Å². The number of nitrogens with zero attached hydrogens (tertiary/aromatic N) is 1. The SMILES string of the molecule is COc1cnccc1C(O)CCc1ccsc1. The number of hydrogen-bond acceptors (Lipinski definition) is 4. The molecule has 17 heavy (non-hydrogen) atoms. The molecule has 2 rings (SSSR count). The Kier molecular flexibility index (Phi) is 4.12. The first-order valence-electron chi connectivity index (χ1n) is 5.48. The van der Waals surface area contributed by atoms with Crippen molar-refractivity contribution in [1.82, 2.24) is 4.98 Å². The largest absolute Gasteiger partial charge is 0.495 e. The molecule has 0 aromatic carbocycles. The normalized spacial score (nSPS) is 12.4. The Hall–Kier alpha value is -1.39. The van der Waals surface area contributed by atoms with Gasteiger partial charge in [0.15, 0.2) is 0 Å². The first kappa shape index (κ1) is 12.1. The maximum absolute atomic E-state index is 10.1. The predicted octanol–water partition coefficient (Wildman–Crippen LogP) is 2.82. The third-order valence-electron chi connectivity index (χ3n) is 2.68. The number of aliphatic hydroxyl groups is 1. The third-order valence-corrected chi connectivity index (χ3v) is 3.41. The molecule has 0 saturated carbocycles. The van der Waals surface area contributed by atoms with Gasteiger partial charge in [-0.1, -0.05) is 0 Å². The molecule has 1 N–H and O–H groups in total. The van der Waals surface area contributed by atoms with Crippen LogP contribution >= 0.6 is 11.3 Å². The summed E-state index contributed by atoms with van der Waals surface area (Å²) in [5.41, 5.74) is 2.07. The Morgan fingerprint density at radius 2 is 2.35 bits per heavy atom. The van der Waals surface area contributed by atoms with Crippen molar-refractivity contribution in [2.45, 2.75) is 18.9 Å². The fourth-order valence-electron chi connectivity index (χ4n) is 1.73. The van der Waals surface area contributed by atoms with E-state index in [9.17, 15) is 5.11 Å². The molecule has 1 unspecified atom stereocenters. The van der Waals surface area contributed by atoms with Gasteiger partial charge >= 0.3 is 0 Å². The highest BCUT2D eigenvalue weighted by Gasteiger charge is 2.13. The molecule has 2 aromatic heterocycles. The number of pyridine rings is 1. The number of hydrogen-bond donors (Lipinski definition) is 1. The molecule has 4 heteroatoms. The number of methoxy groups -OCH3 is 1. The van der Waals surface area contributed by atoms with Crippen LogP contribution < -0.4 is 4.74 Å². The average Bonchev–Trinajstić information content (AvgIpc) is 2.89. The summed E-state index contributed by atoms with van der Waals surface area (Å²) in [6.07, 6.45) is 4.36. The molecular weight excluding hydrogens is 234 g/mol. The van der Waals surface area contributed by atoms with Gasteiger partial charge in [-0.2, -0.15) is 11.3 Å². The predicted molar refractivity (Wildman–Crippen MR) is 68.4 cm³/mol. The molecule has 0 aliphatic rings. The van der Waals surface area contributed by atoms with Gasteiger partial charge < -0.3 is 9.84 Å². The zero-order valence-electron chi connectivity index (χ0n) is 9.67. The van der Waals surface area contributed by atoms with Crippen molar-refractivity contribution in [3.8, 4) is 5.75 Å². The van der Waals surface area contributed by atoms with Crippen LogP contribution in [0.2, 0.25) is 0 Å². The van der Waals surface area contributed by atoms with E-state index in [1.54, 1.807) is 36.9 Å². The molecule has 2 heterocycles. The smallest absolute Gasteiger partial charge is 0.142 e. The highest BCUT2D eigenvalue weighted by Crippen LogP contribution is 2.27. The van der Waals surface area contributed by atoms with E-state index in [1.165, 1.54) is 5.56 Å². The zero-order chi connectivity index (χ0) is 12.1. The molecule has 90 valence electrons. The molecule has 0 fully saturated rings.